The largest absolute Gasteiger partial charge is 0.459 e. The summed E-state index contributed by atoms with van der Waals surface area (Å²) in [6.45, 7) is 4.67. The van der Waals surface area contributed by atoms with Gasteiger partial charge in [-0.15, -0.1) is 11.3 Å². The van der Waals surface area contributed by atoms with E-state index in [4.69, 9.17) is 14.6 Å². The lowest BCUT2D eigenvalue weighted by Gasteiger charge is -2.36. The monoisotopic (exact) mass is 456 g/mol. The van der Waals surface area contributed by atoms with E-state index < -0.39 is 6.29 Å². The number of piperazine rings is 1. The zero-order valence-corrected chi connectivity index (χ0v) is 19.2. The number of thiophene rings is 1. The van der Waals surface area contributed by atoms with Crippen molar-refractivity contribution in [2.45, 2.75) is 38.0 Å². The van der Waals surface area contributed by atoms with Crippen LogP contribution in [0.25, 0.3) is 0 Å². The van der Waals surface area contributed by atoms with Crippen LogP contribution in [0.1, 0.15) is 35.6 Å². The van der Waals surface area contributed by atoms with E-state index in [-0.39, 0.29) is 18.4 Å². The Labute approximate surface area is 194 Å². The second-order valence-corrected chi connectivity index (χ2v) is 9.27. The predicted molar refractivity (Wildman–Crippen MR) is 125 cm³/mol. The first-order valence-electron chi connectivity index (χ1n) is 11.4. The summed E-state index contributed by atoms with van der Waals surface area (Å²) >= 11 is 1.69. The fourth-order valence-corrected chi connectivity index (χ4v) is 4.96. The number of unbranched alkanes of at least 4 members (excludes halogenated alkanes) is 1. The van der Waals surface area contributed by atoms with Crippen molar-refractivity contribution >= 4 is 17.2 Å². The molecule has 1 N–H and O–H groups in total. The van der Waals surface area contributed by atoms with Gasteiger partial charge < -0.3 is 19.5 Å². The van der Waals surface area contributed by atoms with Gasteiger partial charge in [-0.1, -0.05) is 36.4 Å². The van der Waals surface area contributed by atoms with Gasteiger partial charge in [-0.3, -0.25) is 9.69 Å². The quantitative estimate of drug-likeness (QED) is 0.585. The molecule has 1 fully saturated rings. The first-order chi connectivity index (χ1) is 15.7. The van der Waals surface area contributed by atoms with Gasteiger partial charge in [-0.25, -0.2) is 0 Å². The first-order valence-corrected chi connectivity index (χ1v) is 12.3. The molecular weight excluding hydrogens is 424 g/mol. The fourth-order valence-electron chi connectivity index (χ4n) is 4.15. The number of aliphatic hydroxyl groups excluding tert-OH is 1. The van der Waals surface area contributed by atoms with Crippen molar-refractivity contribution in [3.8, 4) is 0 Å². The average Bonchev–Trinajstić information content (AvgIpc) is 3.38. The number of hydrogen-bond acceptors (Lipinski definition) is 6. The molecule has 2 atom stereocenters. The molecule has 0 saturated carbocycles. The van der Waals surface area contributed by atoms with Crippen molar-refractivity contribution in [3.05, 3.63) is 70.1 Å². The number of aliphatic hydroxyl groups is 1. The van der Waals surface area contributed by atoms with Crippen LogP contribution < -0.4 is 0 Å². The van der Waals surface area contributed by atoms with Crippen LogP contribution >= 0.6 is 11.3 Å². The molecule has 0 radical (unpaired) electrons. The molecule has 2 aliphatic heterocycles. The fraction of sp³-hybridized carbons (Fsp3) is 0.480. The van der Waals surface area contributed by atoms with E-state index in [0.29, 0.717) is 38.3 Å². The maximum absolute atomic E-state index is 13.3. The summed E-state index contributed by atoms with van der Waals surface area (Å²) in [6.07, 6.45) is 3.70. The summed E-state index contributed by atoms with van der Waals surface area (Å²) in [5.74, 6) is 0.470. The molecule has 0 unspecified atom stereocenters. The SMILES string of the molecule is O=C(C1=C[C@H](c2cccs2)C[C@H](OCCCCO)O1)N1CCN(Cc2ccccc2)CC1. The summed E-state index contributed by atoms with van der Waals surface area (Å²) in [5.41, 5.74) is 1.30. The highest BCUT2D eigenvalue weighted by Crippen LogP contribution is 2.34. The van der Waals surface area contributed by atoms with Crippen LogP contribution in [-0.2, 0) is 20.8 Å². The molecule has 172 valence electrons. The molecule has 1 amide bonds. The first kappa shape index (κ1) is 23.0. The Bertz CT molecular complexity index is 863. The van der Waals surface area contributed by atoms with Crippen molar-refractivity contribution in [3.63, 3.8) is 0 Å². The number of allylic oxidation sites excluding steroid dienone is 1. The Morgan fingerprint density at radius 3 is 2.62 bits per heavy atom. The van der Waals surface area contributed by atoms with Crippen molar-refractivity contribution in [2.24, 2.45) is 0 Å². The number of hydrogen-bond donors (Lipinski definition) is 1. The van der Waals surface area contributed by atoms with E-state index in [2.05, 4.69) is 40.6 Å². The Kier molecular flexibility index (Phi) is 8.34. The third kappa shape index (κ3) is 6.19. The normalized spacial score (nSPS) is 21.8. The Morgan fingerprint density at radius 1 is 1.09 bits per heavy atom. The summed E-state index contributed by atoms with van der Waals surface area (Å²) < 4.78 is 11.9. The summed E-state index contributed by atoms with van der Waals surface area (Å²) in [6, 6.07) is 14.6. The van der Waals surface area contributed by atoms with Gasteiger partial charge in [-0.05, 0) is 35.9 Å². The third-order valence-corrected chi connectivity index (χ3v) is 6.95. The highest BCUT2D eigenvalue weighted by molar-refractivity contribution is 7.10. The van der Waals surface area contributed by atoms with Crippen LogP contribution in [0.4, 0.5) is 0 Å². The molecule has 0 bridgehead atoms. The topological polar surface area (TPSA) is 62.2 Å². The van der Waals surface area contributed by atoms with Gasteiger partial charge in [0.05, 0.1) is 6.61 Å². The number of carbonyl (C=O) groups excluding carboxylic acids is 1. The molecule has 2 aliphatic rings. The lowest BCUT2D eigenvalue weighted by atomic mass is 9.99. The zero-order valence-electron chi connectivity index (χ0n) is 18.4. The number of benzene rings is 1. The van der Waals surface area contributed by atoms with Crippen LogP contribution in [-0.4, -0.2) is 66.5 Å². The highest BCUT2D eigenvalue weighted by atomic mass is 32.1. The van der Waals surface area contributed by atoms with E-state index in [0.717, 1.165) is 26.1 Å². The smallest absolute Gasteiger partial charge is 0.288 e. The second-order valence-electron chi connectivity index (χ2n) is 8.29. The summed E-state index contributed by atoms with van der Waals surface area (Å²) in [5, 5.41) is 11.0. The van der Waals surface area contributed by atoms with E-state index in [9.17, 15) is 4.79 Å². The van der Waals surface area contributed by atoms with E-state index in [1.807, 2.05) is 23.1 Å². The van der Waals surface area contributed by atoms with Crippen molar-refractivity contribution < 1.29 is 19.4 Å². The van der Waals surface area contributed by atoms with Crippen molar-refractivity contribution in [1.82, 2.24) is 9.80 Å². The van der Waals surface area contributed by atoms with Crippen LogP contribution in [0, 0.1) is 0 Å². The number of nitrogens with zero attached hydrogens (tertiary/aromatic N) is 2. The van der Waals surface area contributed by atoms with E-state index in [1.54, 1.807) is 11.3 Å². The van der Waals surface area contributed by atoms with E-state index in [1.165, 1.54) is 10.4 Å². The van der Waals surface area contributed by atoms with Gasteiger partial charge in [0.2, 0.25) is 6.29 Å². The Balaban J connectivity index is 1.36. The molecule has 0 spiro atoms. The molecule has 0 aliphatic carbocycles. The van der Waals surface area contributed by atoms with Gasteiger partial charge in [0.15, 0.2) is 5.76 Å². The number of amides is 1. The van der Waals surface area contributed by atoms with Gasteiger partial charge >= 0.3 is 0 Å². The second kappa shape index (κ2) is 11.6. The highest BCUT2D eigenvalue weighted by Gasteiger charge is 2.32. The summed E-state index contributed by atoms with van der Waals surface area (Å²) in [7, 11) is 0. The van der Waals surface area contributed by atoms with Crippen LogP contribution in [0.5, 0.6) is 0 Å². The number of ether oxygens (including phenoxy) is 2. The molecule has 7 heteroatoms. The van der Waals surface area contributed by atoms with Crippen molar-refractivity contribution in [1.29, 1.82) is 0 Å². The van der Waals surface area contributed by atoms with E-state index >= 15 is 0 Å². The third-order valence-electron chi connectivity index (χ3n) is 5.94. The molecule has 1 aromatic carbocycles. The maximum atomic E-state index is 13.3. The van der Waals surface area contributed by atoms with Crippen LogP contribution in [0.2, 0.25) is 0 Å². The number of carbonyl (C=O) groups is 1. The molecular formula is C25H32N2O4S. The standard InChI is InChI=1S/C25H32N2O4S/c28-14-4-5-15-30-24-18-21(23-9-6-16-32-23)17-22(31-24)25(29)27-12-10-26(11-13-27)19-20-7-2-1-3-8-20/h1-3,6-9,16-17,21,24,28H,4-5,10-15,18-19H2/t21-,24+/m0/s1. The molecule has 32 heavy (non-hydrogen) atoms. The maximum Gasteiger partial charge on any atom is 0.288 e. The molecule has 6 nitrogen and oxygen atoms in total. The van der Waals surface area contributed by atoms with Crippen LogP contribution in [0.3, 0.4) is 0 Å². The average molecular weight is 457 g/mol. The Morgan fingerprint density at radius 2 is 1.91 bits per heavy atom. The summed E-state index contributed by atoms with van der Waals surface area (Å²) in [4.78, 5) is 18.8. The van der Waals surface area contributed by atoms with Crippen LogP contribution in [0.15, 0.2) is 59.7 Å². The molecule has 2 aromatic rings. The van der Waals surface area contributed by atoms with Gasteiger partial charge in [0.1, 0.15) is 0 Å². The lowest BCUT2D eigenvalue weighted by Crippen LogP contribution is -2.49. The minimum atomic E-state index is -0.441. The molecule has 4 rings (SSSR count). The lowest BCUT2D eigenvalue weighted by molar-refractivity contribution is -0.154. The molecule has 3 heterocycles. The zero-order chi connectivity index (χ0) is 22.2. The number of rotatable bonds is 9. The predicted octanol–water partition coefficient (Wildman–Crippen LogP) is 3.60. The van der Waals surface area contributed by atoms with Crippen molar-refractivity contribution in [2.75, 3.05) is 39.4 Å². The molecule has 1 saturated heterocycles. The molecule has 1 aromatic heterocycles. The van der Waals surface area contributed by atoms with Gasteiger partial charge in [0.25, 0.3) is 5.91 Å². The minimum absolute atomic E-state index is 0.0467. The van der Waals surface area contributed by atoms with Gasteiger partial charge in [0, 0.05) is 56.5 Å². The minimum Gasteiger partial charge on any atom is -0.459 e. The van der Waals surface area contributed by atoms with Gasteiger partial charge in [-0.2, -0.15) is 0 Å². The Hall–Kier alpha value is -2.19.